The van der Waals surface area contributed by atoms with Crippen LogP contribution in [0.2, 0.25) is 0 Å². The van der Waals surface area contributed by atoms with Gasteiger partial charge in [-0.05, 0) is 18.8 Å². The summed E-state index contributed by atoms with van der Waals surface area (Å²) in [6, 6.07) is 1.27. The third-order valence-corrected chi connectivity index (χ3v) is 6.05. The Balaban J connectivity index is 1.95. The summed E-state index contributed by atoms with van der Waals surface area (Å²) < 4.78 is 25.7. The van der Waals surface area contributed by atoms with Crippen molar-refractivity contribution in [3.05, 3.63) is 0 Å². The lowest BCUT2D eigenvalue weighted by atomic mass is 9.84. The van der Waals surface area contributed by atoms with Crippen molar-refractivity contribution >= 4 is 15.9 Å². The average Bonchev–Trinajstić information content (AvgIpc) is 2.47. The van der Waals surface area contributed by atoms with Crippen LogP contribution in [0.25, 0.3) is 0 Å². The zero-order valence-electron chi connectivity index (χ0n) is 12.7. The van der Waals surface area contributed by atoms with Crippen molar-refractivity contribution in [2.45, 2.75) is 56.5 Å². The summed E-state index contributed by atoms with van der Waals surface area (Å²) in [4.78, 5) is 12.3. The number of rotatable bonds is 4. The molecule has 1 aliphatic heterocycles. The Morgan fingerprint density at radius 3 is 2.68 bits per heavy atom. The van der Waals surface area contributed by atoms with Gasteiger partial charge in [-0.1, -0.05) is 32.1 Å². The van der Waals surface area contributed by atoms with E-state index in [-0.39, 0.29) is 13.0 Å². The van der Waals surface area contributed by atoms with Crippen LogP contribution >= 0.6 is 0 Å². The summed E-state index contributed by atoms with van der Waals surface area (Å²) in [5.41, 5.74) is 4.59. The van der Waals surface area contributed by atoms with Crippen molar-refractivity contribution in [1.82, 2.24) is 10.0 Å². The van der Waals surface area contributed by atoms with E-state index in [1.807, 2.05) is 6.07 Å². The van der Waals surface area contributed by atoms with Gasteiger partial charge >= 0.3 is 0 Å². The molecule has 2 rings (SSSR count). The van der Waals surface area contributed by atoms with Crippen molar-refractivity contribution in [1.29, 1.82) is 5.26 Å². The van der Waals surface area contributed by atoms with Crippen molar-refractivity contribution in [2.24, 2.45) is 11.7 Å². The maximum atomic E-state index is 12.3. The molecule has 0 aromatic rings. The van der Waals surface area contributed by atoms with Crippen LogP contribution in [0.5, 0.6) is 0 Å². The van der Waals surface area contributed by atoms with Crippen LogP contribution in [-0.4, -0.2) is 38.2 Å². The smallest absolute Gasteiger partial charge is 0.238 e. The summed E-state index contributed by atoms with van der Waals surface area (Å²) in [6.07, 6.45) is 6.60. The number of nitrogens with zero attached hydrogens (tertiary/aromatic N) is 1. The Bertz CT molecular complexity index is 551. The van der Waals surface area contributed by atoms with Gasteiger partial charge in [-0.15, -0.1) is 0 Å². The second kappa shape index (κ2) is 6.94. The van der Waals surface area contributed by atoms with Gasteiger partial charge in [-0.3, -0.25) is 4.79 Å². The van der Waals surface area contributed by atoms with E-state index in [2.05, 4.69) is 10.0 Å². The minimum Gasteiger partial charge on any atom is -0.336 e. The van der Waals surface area contributed by atoms with Crippen LogP contribution < -0.4 is 15.8 Å². The summed E-state index contributed by atoms with van der Waals surface area (Å²) >= 11 is 0. The molecular weight excluding hydrogens is 304 g/mol. The van der Waals surface area contributed by atoms with Crippen LogP contribution in [-0.2, 0) is 14.8 Å². The molecule has 7 nitrogen and oxygen atoms in total. The molecule has 1 saturated heterocycles. The molecule has 0 aromatic heterocycles. The Kier molecular flexibility index (Phi) is 5.42. The minimum absolute atomic E-state index is 0.147. The molecule has 1 heterocycles. The highest BCUT2D eigenvalue weighted by Gasteiger charge is 2.41. The largest absolute Gasteiger partial charge is 0.336 e. The maximum Gasteiger partial charge on any atom is 0.238 e. The van der Waals surface area contributed by atoms with E-state index in [1.54, 1.807) is 0 Å². The molecule has 2 aliphatic rings. The molecule has 0 bridgehead atoms. The molecule has 0 aromatic carbocycles. The van der Waals surface area contributed by atoms with Gasteiger partial charge in [0, 0.05) is 6.54 Å². The molecule has 2 fully saturated rings. The lowest BCUT2D eigenvalue weighted by Gasteiger charge is -2.33. The zero-order chi connectivity index (χ0) is 16.2. The molecule has 0 spiro atoms. The maximum absolute atomic E-state index is 12.3. The molecule has 0 radical (unpaired) electrons. The van der Waals surface area contributed by atoms with Crippen molar-refractivity contribution in [2.75, 3.05) is 12.3 Å². The van der Waals surface area contributed by atoms with Crippen LogP contribution in [0.4, 0.5) is 0 Å². The van der Waals surface area contributed by atoms with Gasteiger partial charge in [-0.25, -0.2) is 13.1 Å². The number of sulfonamides is 1. The lowest BCUT2D eigenvalue weighted by Crippen LogP contribution is -2.61. The van der Waals surface area contributed by atoms with Crippen LogP contribution in [0.3, 0.4) is 0 Å². The van der Waals surface area contributed by atoms with Gasteiger partial charge in [0.05, 0.1) is 12.1 Å². The molecule has 1 amide bonds. The molecule has 1 saturated carbocycles. The Hall–Kier alpha value is -1.17. The number of hydrogen-bond acceptors (Lipinski definition) is 5. The predicted octanol–water partition coefficient (Wildman–Crippen LogP) is -0.0142. The van der Waals surface area contributed by atoms with E-state index < -0.39 is 33.3 Å². The Morgan fingerprint density at radius 1 is 1.41 bits per heavy atom. The first-order valence-corrected chi connectivity index (χ1v) is 9.47. The summed E-state index contributed by atoms with van der Waals surface area (Å²) in [6.45, 7) is 0.147. The van der Waals surface area contributed by atoms with E-state index in [4.69, 9.17) is 5.73 Å². The van der Waals surface area contributed by atoms with E-state index in [0.29, 0.717) is 12.3 Å². The summed E-state index contributed by atoms with van der Waals surface area (Å²) in [5, 5.41) is 11.9. The second-order valence-corrected chi connectivity index (χ2v) is 8.24. The number of carbonyl (C=O) groups excluding carboxylic acids is 1. The van der Waals surface area contributed by atoms with Gasteiger partial charge in [0.25, 0.3) is 0 Å². The Labute approximate surface area is 131 Å². The molecular formula is C14H24N4O3S. The van der Waals surface area contributed by atoms with Crippen molar-refractivity contribution in [3.63, 3.8) is 0 Å². The molecule has 4 N–H and O–H groups in total. The Morgan fingerprint density at radius 2 is 2.09 bits per heavy atom. The van der Waals surface area contributed by atoms with Crippen LogP contribution in [0.15, 0.2) is 0 Å². The van der Waals surface area contributed by atoms with E-state index >= 15 is 0 Å². The molecule has 1 aliphatic carbocycles. The fraction of sp³-hybridized carbons (Fsp3) is 0.857. The van der Waals surface area contributed by atoms with Crippen molar-refractivity contribution in [3.8, 4) is 6.07 Å². The first-order valence-electron chi connectivity index (χ1n) is 7.82. The van der Waals surface area contributed by atoms with E-state index in [1.165, 1.54) is 19.3 Å². The molecule has 124 valence electrons. The van der Waals surface area contributed by atoms with E-state index in [9.17, 15) is 18.5 Å². The molecule has 22 heavy (non-hydrogen) atoms. The predicted molar refractivity (Wildman–Crippen MR) is 82.1 cm³/mol. The average molecular weight is 328 g/mol. The highest BCUT2D eigenvalue weighted by molar-refractivity contribution is 7.89. The normalized spacial score (nSPS) is 30.2. The second-order valence-electron chi connectivity index (χ2n) is 6.43. The topological polar surface area (TPSA) is 125 Å². The fourth-order valence-electron chi connectivity index (χ4n) is 3.30. The highest BCUT2D eigenvalue weighted by Crippen LogP contribution is 2.27. The first-order chi connectivity index (χ1) is 10.4. The molecule has 8 heteroatoms. The zero-order valence-corrected chi connectivity index (χ0v) is 13.5. The number of hydrogen-bond donors (Lipinski definition) is 3. The van der Waals surface area contributed by atoms with Crippen LogP contribution in [0, 0.1) is 17.2 Å². The van der Waals surface area contributed by atoms with E-state index in [0.717, 1.165) is 12.8 Å². The number of nitriles is 1. The standard InChI is InChI=1S/C14H24N4O3S/c15-9-14(6-7-17-22(20,21)10-14)18-13(19)12(16)8-11-4-2-1-3-5-11/h11-12,17H,1-8,10,16H2,(H,18,19). The first kappa shape index (κ1) is 17.2. The van der Waals surface area contributed by atoms with Gasteiger partial charge < -0.3 is 11.1 Å². The lowest BCUT2D eigenvalue weighted by molar-refractivity contribution is -0.124. The fourth-order valence-corrected chi connectivity index (χ4v) is 4.74. The van der Waals surface area contributed by atoms with Gasteiger partial charge in [-0.2, -0.15) is 5.26 Å². The quantitative estimate of drug-likeness (QED) is 0.669. The highest BCUT2D eigenvalue weighted by atomic mass is 32.2. The van der Waals surface area contributed by atoms with Crippen molar-refractivity contribution < 1.29 is 13.2 Å². The minimum atomic E-state index is -3.53. The summed E-state index contributed by atoms with van der Waals surface area (Å²) in [5.74, 6) is -0.396. The monoisotopic (exact) mass is 328 g/mol. The SMILES string of the molecule is N#CC1(NC(=O)C(N)CC2CCCCC2)CCNS(=O)(=O)C1. The van der Waals surface area contributed by atoms with Gasteiger partial charge in [0.15, 0.2) is 0 Å². The molecule has 2 atom stereocenters. The third-order valence-electron chi connectivity index (χ3n) is 4.54. The number of carbonyl (C=O) groups is 1. The summed E-state index contributed by atoms with van der Waals surface area (Å²) in [7, 11) is -3.53. The van der Waals surface area contributed by atoms with Crippen LogP contribution in [0.1, 0.15) is 44.9 Å². The molecule has 2 unspecified atom stereocenters. The van der Waals surface area contributed by atoms with Gasteiger partial charge in [0.1, 0.15) is 11.3 Å². The number of nitrogens with one attached hydrogen (secondary N) is 2. The number of nitrogens with two attached hydrogens (primary N) is 1. The number of amides is 1. The third kappa shape index (κ3) is 4.41. The van der Waals surface area contributed by atoms with Gasteiger partial charge in [0.2, 0.25) is 15.9 Å².